The van der Waals surface area contributed by atoms with Crippen LogP contribution in [0.2, 0.25) is 0 Å². The second kappa shape index (κ2) is 10.0. The number of ether oxygens (including phenoxy) is 3. The van der Waals surface area contributed by atoms with Crippen molar-refractivity contribution in [2.45, 2.75) is 31.5 Å². The molecule has 0 saturated carbocycles. The van der Waals surface area contributed by atoms with E-state index in [1.54, 1.807) is 25.3 Å². The zero-order chi connectivity index (χ0) is 18.0. The Hall–Kier alpha value is -1.96. The summed E-state index contributed by atoms with van der Waals surface area (Å²) in [6, 6.07) is 3.88. The minimum Gasteiger partial charge on any atom is -0.493 e. The molecule has 0 fully saturated rings. The van der Waals surface area contributed by atoms with Gasteiger partial charge in [0, 0.05) is 26.2 Å². The molecule has 24 heavy (non-hydrogen) atoms. The van der Waals surface area contributed by atoms with Crippen LogP contribution in [-0.2, 0) is 16.0 Å². The lowest BCUT2D eigenvalue weighted by Crippen LogP contribution is -2.34. The third kappa shape index (κ3) is 7.54. The van der Waals surface area contributed by atoms with Gasteiger partial charge in [-0.15, -0.1) is 0 Å². The van der Waals surface area contributed by atoms with Crippen molar-refractivity contribution in [3.8, 4) is 11.5 Å². The van der Waals surface area contributed by atoms with E-state index in [9.17, 15) is 18.0 Å². The summed E-state index contributed by atoms with van der Waals surface area (Å²) < 4.78 is 53.4. The molecule has 0 aromatic heterocycles. The molecular formula is C16H22F3NO4. The first-order valence-corrected chi connectivity index (χ1v) is 7.44. The van der Waals surface area contributed by atoms with Crippen molar-refractivity contribution in [1.29, 1.82) is 0 Å². The molecular weight excluding hydrogens is 327 g/mol. The maximum atomic E-state index is 12.6. The van der Waals surface area contributed by atoms with E-state index in [4.69, 9.17) is 14.2 Å². The van der Waals surface area contributed by atoms with Crippen LogP contribution in [0.3, 0.4) is 0 Å². The number of amides is 1. The zero-order valence-corrected chi connectivity index (χ0v) is 13.7. The molecule has 1 rings (SSSR count). The smallest absolute Gasteiger partial charge is 0.391 e. The molecule has 0 heterocycles. The predicted molar refractivity (Wildman–Crippen MR) is 82.3 cm³/mol. The molecule has 0 aliphatic heterocycles. The van der Waals surface area contributed by atoms with Crippen LogP contribution >= 0.6 is 0 Å². The van der Waals surface area contributed by atoms with Crippen molar-refractivity contribution < 1.29 is 32.2 Å². The highest BCUT2D eigenvalue weighted by atomic mass is 19.4. The van der Waals surface area contributed by atoms with Crippen LogP contribution in [0.1, 0.15) is 18.4 Å². The van der Waals surface area contributed by atoms with Crippen LogP contribution in [0.5, 0.6) is 11.5 Å². The number of halogens is 3. The van der Waals surface area contributed by atoms with Gasteiger partial charge in [-0.3, -0.25) is 4.79 Å². The largest absolute Gasteiger partial charge is 0.493 e. The first-order chi connectivity index (χ1) is 11.4. The van der Waals surface area contributed by atoms with Crippen molar-refractivity contribution in [3.63, 3.8) is 0 Å². The molecule has 1 atom stereocenters. The Morgan fingerprint density at radius 3 is 2.54 bits per heavy atom. The van der Waals surface area contributed by atoms with Gasteiger partial charge >= 0.3 is 6.18 Å². The molecule has 136 valence electrons. The molecule has 1 unspecified atom stereocenters. The second-order valence-corrected chi connectivity index (χ2v) is 5.18. The summed E-state index contributed by atoms with van der Waals surface area (Å²) in [4.78, 5) is 10.5. The van der Waals surface area contributed by atoms with E-state index in [1.807, 2.05) is 0 Å². The number of alkyl halides is 3. The maximum absolute atomic E-state index is 12.6. The van der Waals surface area contributed by atoms with Crippen LogP contribution in [0, 0.1) is 0 Å². The van der Waals surface area contributed by atoms with E-state index >= 15 is 0 Å². The number of nitrogens with one attached hydrogen (secondary N) is 1. The Labute approximate surface area is 139 Å². The van der Waals surface area contributed by atoms with Crippen LogP contribution in [0.15, 0.2) is 18.2 Å². The molecule has 1 N–H and O–H groups in total. The number of rotatable bonds is 11. The van der Waals surface area contributed by atoms with Gasteiger partial charge in [0.25, 0.3) is 0 Å². The number of carbonyl (C=O) groups excluding carboxylic acids is 1. The molecule has 0 saturated heterocycles. The summed E-state index contributed by atoms with van der Waals surface area (Å²) in [5, 5.41) is 2.21. The Morgan fingerprint density at radius 2 is 1.96 bits per heavy atom. The molecule has 0 aliphatic rings. The average molecular weight is 349 g/mol. The van der Waals surface area contributed by atoms with Crippen LogP contribution in [0.25, 0.3) is 0 Å². The fourth-order valence-corrected chi connectivity index (χ4v) is 2.20. The van der Waals surface area contributed by atoms with Crippen molar-refractivity contribution in [1.82, 2.24) is 5.32 Å². The highest BCUT2D eigenvalue weighted by Crippen LogP contribution is 2.30. The number of carbonyl (C=O) groups is 1. The standard InChI is InChI=1S/C16H22F3NO4/c1-22-6-3-7-24-15-9-12(4-5-14(15)23-2)8-13(20-11-21)10-16(17,18)19/h4-5,9,11,13H,3,6-8,10H2,1-2H3,(H,20,21). The predicted octanol–water partition coefficient (Wildman–Crippen LogP) is 2.72. The molecule has 1 amide bonds. The first kappa shape index (κ1) is 20.1. The molecule has 0 bridgehead atoms. The fourth-order valence-electron chi connectivity index (χ4n) is 2.20. The summed E-state index contributed by atoms with van der Waals surface area (Å²) in [5.41, 5.74) is 0.612. The minimum atomic E-state index is -4.35. The van der Waals surface area contributed by atoms with Crippen LogP contribution < -0.4 is 14.8 Å². The van der Waals surface area contributed by atoms with Crippen molar-refractivity contribution >= 4 is 6.41 Å². The number of hydrogen-bond acceptors (Lipinski definition) is 4. The van der Waals surface area contributed by atoms with Gasteiger partial charge in [0.1, 0.15) is 0 Å². The summed E-state index contributed by atoms with van der Waals surface area (Å²) in [5.74, 6) is 0.940. The quantitative estimate of drug-likeness (QED) is 0.493. The third-order valence-corrected chi connectivity index (χ3v) is 3.24. The topological polar surface area (TPSA) is 56.8 Å². The lowest BCUT2D eigenvalue weighted by Gasteiger charge is -2.19. The zero-order valence-electron chi connectivity index (χ0n) is 13.7. The van der Waals surface area contributed by atoms with Gasteiger partial charge in [-0.25, -0.2) is 0 Å². The van der Waals surface area contributed by atoms with Gasteiger partial charge in [0.05, 0.1) is 20.1 Å². The normalized spacial score (nSPS) is 12.5. The van der Waals surface area contributed by atoms with Gasteiger partial charge in [0.2, 0.25) is 6.41 Å². The molecule has 1 aromatic carbocycles. The molecule has 1 aromatic rings. The van der Waals surface area contributed by atoms with Gasteiger partial charge in [-0.05, 0) is 24.1 Å². The lowest BCUT2D eigenvalue weighted by atomic mass is 10.0. The number of benzene rings is 1. The van der Waals surface area contributed by atoms with Gasteiger partial charge in [-0.1, -0.05) is 6.07 Å². The molecule has 8 heteroatoms. The van der Waals surface area contributed by atoms with Crippen LogP contribution in [-0.4, -0.2) is 46.1 Å². The minimum absolute atomic E-state index is 0.0384. The van der Waals surface area contributed by atoms with E-state index in [2.05, 4.69) is 5.32 Å². The highest BCUT2D eigenvalue weighted by molar-refractivity contribution is 5.47. The van der Waals surface area contributed by atoms with Crippen molar-refractivity contribution in [2.24, 2.45) is 0 Å². The number of hydrogen-bond donors (Lipinski definition) is 1. The molecule has 0 radical (unpaired) electrons. The Balaban J connectivity index is 2.80. The number of methoxy groups -OCH3 is 2. The third-order valence-electron chi connectivity index (χ3n) is 3.24. The Bertz CT molecular complexity index is 509. The summed E-state index contributed by atoms with van der Waals surface area (Å²) in [6.45, 7) is 0.936. The van der Waals surface area contributed by atoms with E-state index in [1.165, 1.54) is 7.11 Å². The van der Waals surface area contributed by atoms with E-state index in [0.29, 0.717) is 36.7 Å². The van der Waals surface area contributed by atoms with Crippen LogP contribution in [0.4, 0.5) is 13.2 Å². The van der Waals surface area contributed by atoms with Gasteiger partial charge in [0.15, 0.2) is 11.5 Å². The van der Waals surface area contributed by atoms with E-state index < -0.39 is 18.6 Å². The molecule has 5 nitrogen and oxygen atoms in total. The highest BCUT2D eigenvalue weighted by Gasteiger charge is 2.31. The van der Waals surface area contributed by atoms with Crippen molar-refractivity contribution in [2.75, 3.05) is 27.4 Å². The second-order valence-electron chi connectivity index (χ2n) is 5.18. The first-order valence-electron chi connectivity index (χ1n) is 7.44. The monoisotopic (exact) mass is 349 g/mol. The Morgan fingerprint density at radius 1 is 1.21 bits per heavy atom. The summed E-state index contributed by atoms with van der Waals surface area (Å²) in [7, 11) is 3.07. The average Bonchev–Trinajstić information content (AvgIpc) is 2.50. The van der Waals surface area contributed by atoms with E-state index in [0.717, 1.165) is 0 Å². The Kier molecular flexibility index (Phi) is 8.39. The lowest BCUT2D eigenvalue weighted by molar-refractivity contribution is -0.140. The van der Waals surface area contributed by atoms with Gasteiger partial charge in [-0.2, -0.15) is 13.2 Å². The summed E-state index contributed by atoms with van der Waals surface area (Å²) in [6.07, 6.45) is -4.46. The maximum Gasteiger partial charge on any atom is 0.391 e. The summed E-state index contributed by atoms with van der Waals surface area (Å²) >= 11 is 0. The molecule has 0 aliphatic carbocycles. The fraction of sp³-hybridized carbons (Fsp3) is 0.562. The SMILES string of the molecule is COCCCOc1cc(CC(CC(F)(F)F)NC=O)ccc1OC. The van der Waals surface area contributed by atoms with Crippen molar-refractivity contribution in [3.05, 3.63) is 23.8 Å². The van der Waals surface area contributed by atoms with E-state index in [-0.39, 0.29) is 12.8 Å². The van der Waals surface area contributed by atoms with Gasteiger partial charge < -0.3 is 19.5 Å². The molecule has 0 spiro atoms.